The number of aryl methyl sites for hydroxylation is 1. The number of rotatable bonds is 6. The number of aliphatic hydroxyl groups excluding tert-OH is 1. The van der Waals surface area contributed by atoms with Crippen molar-refractivity contribution in [3.05, 3.63) is 34.3 Å². The lowest BCUT2D eigenvalue weighted by molar-refractivity contribution is -0.149. The van der Waals surface area contributed by atoms with E-state index in [2.05, 4.69) is 5.32 Å². The van der Waals surface area contributed by atoms with E-state index in [9.17, 15) is 14.7 Å². The Hall–Kier alpha value is -1.59. The van der Waals surface area contributed by atoms with Crippen molar-refractivity contribution < 1.29 is 19.4 Å². The Morgan fingerprint density at radius 1 is 1.58 bits per heavy atom. The molecule has 6 heteroatoms. The summed E-state index contributed by atoms with van der Waals surface area (Å²) in [6.45, 7) is 3.63. The molecule has 0 heterocycles. The second-order valence-electron chi connectivity index (χ2n) is 3.97. The van der Waals surface area contributed by atoms with Gasteiger partial charge >= 0.3 is 5.97 Å². The van der Waals surface area contributed by atoms with Crippen LogP contribution in [0.2, 0.25) is 5.02 Å². The summed E-state index contributed by atoms with van der Waals surface area (Å²) in [6, 6.07) is 3.77. The van der Waals surface area contributed by atoms with Gasteiger partial charge in [0.25, 0.3) is 0 Å². The number of amides is 1. The van der Waals surface area contributed by atoms with E-state index in [1.165, 1.54) is 0 Å². The number of nitrogens with one attached hydrogen (secondary N) is 1. The summed E-state index contributed by atoms with van der Waals surface area (Å²) in [5, 5.41) is 12.9. The van der Waals surface area contributed by atoms with Gasteiger partial charge in [0.05, 0.1) is 6.61 Å². The first-order valence-electron chi connectivity index (χ1n) is 5.81. The molecule has 0 aliphatic rings. The minimum atomic E-state index is -1.22. The highest BCUT2D eigenvalue weighted by Gasteiger charge is 2.29. The highest BCUT2D eigenvalue weighted by Crippen LogP contribution is 2.23. The maximum Gasteiger partial charge on any atom is 0.331 e. The van der Waals surface area contributed by atoms with Gasteiger partial charge in [-0.1, -0.05) is 23.7 Å². The molecule has 104 valence electrons. The van der Waals surface area contributed by atoms with Gasteiger partial charge < -0.3 is 15.2 Å². The number of carbonyl (C=O) groups excluding carboxylic acids is 2. The molecule has 19 heavy (non-hydrogen) atoms. The van der Waals surface area contributed by atoms with Gasteiger partial charge in [-0.05, 0) is 31.0 Å². The van der Waals surface area contributed by atoms with Gasteiger partial charge in [-0.25, -0.2) is 4.79 Å². The molecule has 0 radical (unpaired) electrons. The maximum atomic E-state index is 11.7. The van der Waals surface area contributed by atoms with E-state index in [-0.39, 0.29) is 6.61 Å². The van der Waals surface area contributed by atoms with Crippen molar-refractivity contribution >= 4 is 24.0 Å². The summed E-state index contributed by atoms with van der Waals surface area (Å²) in [5.74, 6) is -0.696. The zero-order chi connectivity index (χ0) is 14.4. The summed E-state index contributed by atoms with van der Waals surface area (Å²) in [5.41, 5.74) is 1.29. The van der Waals surface area contributed by atoms with E-state index in [1.54, 1.807) is 25.1 Å². The van der Waals surface area contributed by atoms with Crippen LogP contribution in [0.25, 0.3) is 0 Å². The first kappa shape index (κ1) is 15.5. The summed E-state index contributed by atoms with van der Waals surface area (Å²) in [7, 11) is 0. The Bertz CT molecular complexity index is 464. The predicted octanol–water partition coefficient (Wildman–Crippen LogP) is 1.36. The van der Waals surface area contributed by atoms with Crippen molar-refractivity contribution in [1.29, 1.82) is 0 Å². The largest absolute Gasteiger partial charge is 0.464 e. The van der Waals surface area contributed by atoms with Crippen LogP contribution >= 0.6 is 11.6 Å². The molecule has 5 nitrogen and oxygen atoms in total. The first-order chi connectivity index (χ1) is 9.01. The van der Waals surface area contributed by atoms with Gasteiger partial charge in [0.1, 0.15) is 6.10 Å². The van der Waals surface area contributed by atoms with Crippen LogP contribution in [-0.4, -0.2) is 30.1 Å². The number of benzene rings is 1. The normalized spacial score (nSPS) is 13.5. The third kappa shape index (κ3) is 3.94. The lowest BCUT2D eigenvalue weighted by Crippen LogP contribution is -2.42. The van der Waals surface area contributed by atoms with E-state index in [0.717, 1.165) is 5.56 Å². The van der Waals surface area contributed by atoms with Crippen molar-refractivity contribution in [1.82, 2.24) is 5.32 Å². The number of esters is 1. The molecule has 1 aromatic rings. The third-order valence-electron chi connectivity index (χ3n) is 2.64. The second kappa shape index (κ2) is 7.11. The van der Waals surface area contributed by atoms with E-state index in [4.69, 9.17) is 16.3 Å². The highest BCUT2D eigenvalue weighted by atomic mass is 35.5. The Balaban J connectivity index is 2.97. The number of halogens is 1. The topological polar surface area (TPSA) is 75.6 Å². The molecule has 1 rings (SSSR count). The van der Waals surface area contributed by atoms with Crippen molar-refractivity contribution in [3.63, 3.8) is 0 Å². The molecule has 0 fully saturated rings. The fourth-order valence-corrected chi connectivity index (χ4v) is 1.77. The van der Waals surface area contributed by atoms with E-state index >= 15 is 0 Å². The van der Waals surface area contributed by atoms with Crippen LogP contribution in [0, 0.1) is 6.92 Å². The molecule has 2 unspecified atom stereocenters. The molecule has 2 N–H and O–H groups in total. The van der Waals surface area contributed by atoms with Gasteiger partial charge in [0, 0.05) is 5.02 Å². The summed E-state index contributed by atoms with van der Waals surface area (Å²) in [6.07, 6.45) is -0.872. The average Bonchev–Trinajstić information content (AvgIpc) is 2.38. The van der Waals surface area contributed by atoms with Gasteiger partial charge in [0.15, 0.2) is 6.04 Å². The number of aliphatic hydroxyl groups is 1. The molecular weight excluding hydrogens is 270 g/mol. The lowest BCUT2D eigenvalue weighted by atomic mass is 10.0. The zero-order valence-electron chi connectivity index (χ0n) is 10.7. The van der Waals surface area contributed by atoms with Crippen molar-refractivity contribution in [3.8, 4) is 0 Å². The maximum absolute atomic E-state index is 11.7. The van der Waals surface area contributed by atoms with Crippen molar-refractivity contribution in [2.24, 2.45) is 0 Å². The van der Waals surface area contributed by atoms with Crippen LogP contribution in [0.15, 0.2) is 18.2 Å². The fraction of sp³-hybridized carbons (Fsp3) is 0.385. The van der Waals surface area contributed by atoms with Crippen molar-refractivity contribution in [2.75, 3.05) is 6.61 Å². The van der Waals surface area contributed by atoms with Crippen LogP contribution in [0.5, 0.6) is 0 Å². The minimum absolute atomic E-state index is 0.164. The Labute approximate surface area is 116 Å². The van der Waals surface area contributed by atoms with E-state index < -0.39 is 18.1 Å². The number of hydrogen-bond acceptors (Lipinski definition) is 4. The van der Waals surface area contributed by atoms with Crippen molar-refractivity contribution in [2.45, 2.75) is 26.0 Å². The Kier molecular flexibility index (Phi) is 5.79. The monoisotopic (exact) mass is 285 g/mol. The summed E-state index contributed by atoms with van der Waals surface area (Å²) in [4.78, 5) is 22.2. The fourth-order valence-electron chi connectivity index (χ4n) is 1.58. The number of hydrogen-bond donors (Lipinski definition) is 2. The Morgan fingerprint density at radius 3 is 2.79 bits per heavy atom. The smallest absolute Gasteiger partial charge is 0.331 e. The molecule has 0 aliphatic heterocycles. The van der Waals surface area contributed by atoms with Gasteiger partial charge in [-0.3, -0.25) is 4.79 Å². The minimum Gasteiger partial charge on any atom is -0.464 e. The molecule has 0 saturated carbocycles. The SMILES string of the molecule is CCOC(=O)C(NC=O)C(O)c1ccc(C)c(Cl)c1. The lowest BCUT2D eigenvalue weighted by Gasteiger charge is -2.21. The first-order valence-corrected chi connectivity index (χ1v) is 6.19. The molecule has 0 aromatic heterocycles. The van der Waals surface area contributed by atoms with E-state index in [0.29, 0.717) is 17.0 Å². The summed E-state index contributed by atoms with van der Waals surface area (Å²) < 4.78 is 4.80. The zero-order valence-corrected chi connectivity index (χ0v) is 11.5. The van der Waals surface area contributed by atoms with Gasteiger partial charge in [-0.15, -0.1) is 0 Å². The van der Waals surface area contributed by atoms with Gasteiger partial charge in [-0.2, -0.15) is 0 Å². The molecule has 0 saturated heterocycles. The molecule has 1 aromatic carbocycles. The quantitative estimate of drug-likeness (QED) is 0.611. The standard InChI is InChI=1S/C13H16ClNO4/c1-3-19-13(18)11(15-7-16)12(17)9-5-4-8(2)10(14)6-9/h4-7,11-12,17H,3H2,1-2H3,(H,15,16). The van der Waals surface area contributed by atoms with Gasteiger partial charge in [0.2, 0.25) is 6.41 Å². The number of ether oxygens (including phenoxy) is 1. The highest BCUT2D eigenvalue weighted by molar-refractivity contribution is 6.31. The van der Waals surface area contributed by atoms with Crippen LogP contribution in [0.3, 0.4) is 0 Å². The van der Waals surface area contributed by atoms with Crippen LogP contribution in [0.4, 0.5) is 0 Å². The third-order valence-corrected chi connectivity index (χ3v) is 3.05. The van der Waals surface area contributed by atoms with Crippen LogP contribution in [0.1, 0.15) is 24.2 Å². The molecule has 0 spiro atoms. The number of carbonyl (C=O) groups is 2. The van der Waals surface area contributed by atoms with Crippen LogP contribution < -0.4 is 5.32 Å². The molecular formula is C13H16ClNO4. The van der Waals surface area contributed by atoms with Crippen LogP contribution in [-0.2, 0) is 14.3 Å². The molecule has 2 atom stereocenters. The Morgan fingerprint density at radius 2 is 2.26 bits per heavy atom. The molecule has 1 amide bonds. The molecule has 0 aliphatic carbocycles. The molecule has 0 bridgehead atoms. The van der Waals surface area contributed by atoms with E-state index in [1.807, 2.05) is 6.92 Å². The summed E-state index contributed by atoms with van der Waals surface area (Å²) >= 11 is 5.96. The average molecular weight is 286 g/mol. The second-order valence-corrected chi connectivity index (χ2v) is 4.37. The predicted molar refractivity (Wildman–Crippen MR) is 70.8 cm³/mol.